The number of aliphatic hydroxyl groups excluding tert-OH is 1. The molecule has 0 spiro atoms. The van der Waals surface area contributed by atoms with Gasteiger partial charge in [-0.15, -0.1) is 0 Å². The minimum absolute atomic E-state index is 0.0750. The number of halogens is 1. The van der Waals surface area contributed by atoms with Crippen molar-refractivity contribution in [3.05, 3.63) is 59.1 Å². The Bertz CT molecular complexity index is 653. The zero-order valence-corrected chi connectivity index (χ0v) is 13.2. The van der Waals surface area contributed by atoms with Gasteiger partial charge in [-0.2, -0.15) is 0 Å². The van der Waals surface area contributed by atoms with E-state index in [1.165, 1.54) is 0 Å². The van der Waals surface area contributed by atoms with Crippen LogP contribution in [0.2, 0.25) is 5.02 Å². The number of benzene rings is 2. The van der Waals surface area contributed by atoms with E-state index in [4.69, 9.17) is 21.4 Å². The quantitative estimate of drug-likeness (QED) is 0.884. The van der Waals surface area contributed by atoms with Crippen LogP contribution in [0.15, 0.2) is 48.5 Å². The number of carbonyl (C=O) groups excluding carboxylic acids is 1. The molecule has 0 aliphatic carbocycles. The Balaban J connectivity index is 2.07. The molecule has 0 heterocycles. The highest BCUT2D eigenvalue weighted by Gasteiger charge is 2.30. The van der Waals surface area contributed by atoms with Gasteiger partial charge in [0.15, 0.2) is 5.60 Å². The standard InChI is InChI=1S/C17H18ClNO3/c1-17(2,22-15-8-6-13(18)7-9-15)16(21)19-14-5-3-4-12(10-14)11-20/h3-10,20H,11H2,1-2H3,(H,19,21). The van der Waals surface area contributed by atoms with Gasteiger partial charge in [0.1, 0.15) is 5.75 Å². The minimum atomic E-state index is -1.05. The number of anilines is 1. The lowest BCUT2D eigenvalue weighted by Crippen LogP contribution is -2.42. The molecule has 0 aromatic heterocycles. The summed E-state index contributed by atoms with van der Waals surface area (Å²) in [4.78, 5) is 12.4. The number of nitrogens with one attached hydrogen (secondary N) is 1. The SMILES string of the molecule is CC(C)(Oc1ccc(Cl)cc1)C(=O)Nc1cccc(CO)c1. The van der Waals surface area contributed by atoms with Crippen molar-refractivity contribution in [2.75, 3.05) is 5.32 Å². The Morgan fingerprint density at radius 3 is 2.55 bits per heavy atom. The predicted molar refractivity (Wildman–Crippen MR) is 87.2 cm³/mol. The molecule has 2 N–H and O–H groups in total. The molecule has 0 bridgehead atoms. The summed E-state index contributed by atoms with van der Waals surface area (Å²) in [5, 5.41) is 12.5. The third-order valence-electron chi connectivity index (χ3n) is 3.10. The van der Waals surface area contributed by atoms with Gasteiger partial charge in [-0.1, -0.05) is 23.7 Å². The topological polar surface area (TPSA) is 58.6 Å². The first-order valence-corrected chi connectivity index (χ1v) is 7.24. The van der Waals surface area contributed by atoms with E-state index >= 15 is 0 Å². The second-order valence-corrected chi connectivity index (χ2v) is 5.82. The highest BCUT2D eigenvalue weighted by atomic mass is 35.5. The smallest absolute Gasteiger partial charge is 0.267 e. The summed E-state index contributed by atoms with van der Waals surface area (Å²) in [7, 11) is 0. The Hall–Kier alpha value is -2.04. The van der Waals surface area contributed by atoms with E-state index < -0.39 is 5.60 Å². The second-order valence-electron chi connectivity index (χ2n) is 5.38. The molecule has 116 valence electrons. The van der Waals surface area contributed by atoms with Crippen molar-refractivity contribution in [2.45, 2.75) is 26.1 Å². The maximum absolute atomic E-state index is 12.4. The summed E-state index contributed by atoms with van der Waals surface area (Å²) < 4.78 is 5.73. The van der Waals surface area contributed by atoms with Crippen LogP contribution in [0.4, 0.5) is 5.69 Å². The molecule has 0 aliphatic heterocycles. The highest BCUT2D eigenvalue weighted by molar-refractivity contribution is 6.30. The van der Waals surface area contributed by atoms with E-state index in [1.54, 1.807) is 62.4 Å². The van der Waals surface area contributed by atoms with Crippen molar-refractivity contribution >= 4 is 23.2 Å². The monoisotopic (exact) mass is 319 g/mol. The Morgan fingerprint density at radius 2 is 1.91 bits per heavy atom. The fraction of sp³-hybridized carbons (Fsp3) is 0.235. The summed E-state index contributed by atoms with van der Waals surface area (Å²) in [5.74, 6) is 0.284. The van der Waals surface area contributed by atoms with Crippen LogP contribution in [0.3, 0.4) is 0 Å². The van der Waals surface area contributed by atoms with Crippen molar-refractivity contribution in [3.63, 3.8) is 0 Å². The zero-order chi connectivity index (χ0) is 16.2. The molecule has 0 saturated heterocycles. The summed E-state index contributed by atoms with van der Waals surface area (Å²) in [6.45, 7) is 3.30. The zero-order valence-electron chi connectivity index (χ0n) is 12.5. The third kappa shape index (κ3) is 4.23. The molecule has 0 atom stereocenters. The molecule has 2 aromatic carbocycles. The largest absolute Gasteiger partial charge is 0.478 e. The lowest BCUT2D eigenvalue weighted by molar-refractivity contribution is -0.128. The third-order valence-corrected chi connectivity index (χ3v) is 3.35. The van der Waals surface area contributed by atoms with Gasteiger partial charge >= 0.3 is 0 Å². The highest BCUT2D eigenvalue weighted by Crippen LogP contribution is 2.22. The number of hydrogen-bond acceptors (Lipinski definition) is 3. The van der Waals surface area contributed by atoms with Gasteiger partial charge in [0.25, 0.3) is 5.91 Å². The van der Waals surface area contributed by atoms with Crippen LogP contribution in [0.25, 0.3) is 0 Å². The van der Waals surface area contributed by atoms with Gasteiger partial charge in [0.05, 0.1) is 6.61 Å². The van der Waals surface area contributed by atoms with Crippen molar-refractivity contribution < 1.29 is 14.6 Å². The molecule has 1 amide bonds. The number of amides is 1. The van der Waals surface area contributed by atoms with Crippen molar-refractivity contribution in [1.82, 2.24) is 0 Å². The van der Waals surface area contributed by atoms with Crippen LogP contribution in [-0.2, 0) is 11.4 Å². The molecule has 0 aliphatic rings. The molecule has 2 aromatic rings. The van der Waals surface area contributed by atoms with Gasteiger partial charge < -0.3 is 15.2 Å². The van der Waals surface area contributed by atoms with E-state index in [0.29, 0.717) is 16.5 Å². The molecule has 4 nitrogen and oxygen atoms in total. The number of rotatable bonds is 5. The first-order valence-electron chi connectivity index (χ1n) is 6.86. The van der Waals surface area contributed by atoms with Crippen molar-refractivity contribution in [3.8, 4) is 5.75 Å². The van der Waals surface area contributed by atoms with Crippen LogP contribution in [0, 0.1) is 0 Å². The molecular weight excluding hydrogens is 302 g/mol. The fourth-order valence-electron chi connectivity index (χ4n) is 1.87. The predicted octanol–water partition coefficient (Wildman–Crippen LogP) is 3.63. The van der Waals surface area contributed by atoms with E-state index in [1.807, 2.05) is 0 Å². The summed E-state index contributed by atoms with van der Waals surface area (Å²) in [6.07, 6.45) is 0. The normalized spacial score (nSPS) is 11.1. The first kappa shape index (κ1) is 16.3. The van der Waals surface area contributed by atoms with Crippen molar-refractivity contribution in [2.24, 2.45) is 0 Å². The fourth-order valence-corrected chi connectivity index (χ4v) is 2.00. The van der Waals surface area contributed by atoms with Gasteiger partial charge in [-0.3, -0.25) is 4.79 Å². The molecule has 0 fully saturated rings. The van der Waals surface area contributed by atoms with Crippen molar-refractivity contribution in [1.29, 1.82) is 0 Å². The molecule has 22 heavy (non-hydrogen) atoms. The van der Waals surface area contributed by atoms with Crippen LogP contribution in [-0.4, -0.2) is 16.6 Å². The van der Waals surface area contributed by atoms with Gasteiger partial charge in [0, 0.05) is 10.7 Å². The Labute approximate surface area is 134 Å². The average Bonchev–Trinajstić information content (AvgIpc) is 2.49. The van der Waals surface area contributed by atoms with Crippen LogP contribution < -0.4 is 10.1 Å². The van der Waals surface area contributed by atoms with E-state index in [9.17, 15) is 4.79 Å². The molecule has 0 radical (unpaired) electrons. The average molecular weight is 320 g/mol. The van der Waals surface area contributed by atoms with Gasteiger partial charge in [0.2, 0.25) is 0 Å². The van der Waals surface area contributed by atoms with Crippen LogP contribution in [0.1, 0.15) is 19.4 Å². The van der Waals surface area contributed by atoms with E-state index in [0.717, 1.165) is 5.56 Å². The number of aliphatic hydroxyl groups is 1. The minimum Gasteiger partial charge on any atom is -0.478 e. The summed E-state index contributed by atoms with van der Waals surface area (Å²) in [6, 6.07) is 13.9. The number of hydrogen-bond donors (Lipinski definition) is 2. The molecular formula is C17H18ClNO3. The maximum atomic E-state index is 12.4. The number of ether oxygens (including phenoxy) is 1. The molecule has 2 rings (SSSR count). The summed E-state index contributed by atoms with van der Waals surface area (Å²) >= 11 is 5.83. The van der Waals surface area contributed by atoms with Gasteiger partial charge in [-0.05, 0) is 55.8 Å². The molecule has 0 saturated carbocycles. The summed E-state index contributed by atoms with van der Waals surface area (Å²) in [5.41, 5.74) is 0.293. The second kappa shape index (κ2) is 6.81. The Kier molecular flexibility index (Phi) is 5.06. The van der Waals surface area contributed by atoms with E-state index in [-0.39, 0.29) is 12.5 Å². The number of carbonyl (C=O) groups is 1. The van der Waals surface area contributed by atoms with E-state index in [2.05, 4.69) is 5.32 Å². The lowest BCUT2D eigenvalue weighted by Gasteiger charge is -2.25. The molecule has 5 heteroatoms. The van der Waals surface area contributed by atoms with Crippen LogP contribution in [0.5, 0.6) is 5.75 Å². The maximum Gasteiger partial charge on any atom is 0.267 e. The Morgan fingerprint density at radius 1 is 1.23 bits per heavy atom. The first-order chi connectivity index (χ1) is 10.4. The lowest BCUT2D eigenvalue weighted by atomic mass is 10.1. The van der Waals surface area contributed by atoms with Crippen LogP contribution >= 0.6 is 11.6 Å². The molecule has 0 unspecified atom stereocenters. The van der Waals surface area contributed by atoms with Gasteiger partial charge in [-0.25, -0.2) is 0 Å².